The van der Waals surface area contributed by atoms with Crippen LogP contribution in [0.4, 0.5) is 4.39 Å². The van der Waals surface area contributed by atoms with Crippen molar-refractivity contribution in [2.75, 3.05) is 0 Å². The van der Waals surface area contributed by atoms with Crippen LogP contribution in [0.3, 0.4) is 0 Å². The van der Waals surface area contributed by atoms with Crippen molar-refractivity contribution in [3.05, 3.63) is 137 Å². The molecule has 0 fully saturated rings. The number of nitrogens with zero attached hydrogens (tertiary/aromatic N) is 1. The Hall–Kier alpha value is -5.09. The second-order valence-corrected chi connectivity index (χ2v) is 8.71. The molecule has 1 aliphatic heterocycles. The third-order valence-electron chi connectivity index (χ3n) is 6.18. The number of allylic oxidation sites excluding steroid dienone is 1. The molecule has 0 saturated carbocycles. The minimum atomic E-state index is -0.488. The van der Waals surface area contributed by atoms with E-state index in [2.05, 4.69) is 6.07 Å². The molecular formula is C31H23FN2O4. The summed E-state index contributed by atoms with van der Waals surface area (Å²) in [7, 11) is 0. The number of fused-ring (bicyclic) bond motifs is 1. The van der Waals surface area contributed by atoms with Gasteiger partial charge in [0, 0.05) is 17.2 Å². The van der Waals surface area contributed by atoms with Gasteiger partial charge in [0.15, 0.2) is 0 Å². The standard InChI is InChI=1S/C31H23FN2O4/c32-27-9-5-4-8-22(27)19-36-23-12-10-21(11-13-23)30-25-15-14-24(17-28(25)38-31(34)26(30)18-33)37-29(35)16-20-6-2-1-3-7-20/h1-15,17,30H,16,19,34H2. The molecule has 38 heavy (non-hydrogen) atoms. The fraction of sp³-hybridized carbons (Fsp3) is 0.0968. The highest BCUT2D eigenvalue weighted by molar-refractivity contribution is 5.75. The maximum absolute atomic E-state index is 13.9. The summed E-state index contributed by atoms with van der Waals surface area (Å²) in [4.78, 5) is 12.4. The Morgan fingerprint density at radius 2 is 1.66 bits per heavy atom. The number of carbonyl (C=O) groups excluding carboxylic acids is 1. The monoisotopic (exact) mass is 506 g/mol. The van der Waals surface area contributed by atoms with Crippen molar-refractivity contribution in [1.29, 1.82) is 5.26 Å². The fourth-order valence-electron chi connectivity index (χ4n) is 4.31. The lowest BCUT2D eigenvalue weighted by Gasteiger charge is -2.26. The normalized spacial score (nSPS) is 14.2. The second kappa shape index (κ2) is 10.9. The van der Waals surface area contributed by atoms with Gasteiger partial charge in [-0.05, 0) is 35.4 Å². The zero-order valence-electron chi connectivity index (χ0n) is 20.3. The van der Waals surface area contributed by atoms with E-state index < -0.39 is 11.9 Å². The number of hydrogen-bond donors (Lipinski definition) is 1. The highest BCUT2D eigenvalue weighted by Crippen LogP contribution is 2.43. The summed E-state index contributed by atoms with van der Waals surface area (Å²) in [5.41, 5.74) is 9.18. The predicted octanol–water partition coefficient (Wildman–Crippen LogP) is 5.77. The molecule has 2 N–H and O–H groups in total. The number of esters is 1. The summed E-state index contributed by atoms with van der Waals surface area (Å²) in [5.74, 6) is 0.0319. The Balaban J connectivity index is 1.35. The lowest BCUT2D eigenvalue weighted by Crippen LogP contribution is -2.21. The molecule has 0 bridgehead atoms. The molecule has 188 valence electrons. The van der Waals surface area contributed by atoms with E-state index in [4.69, 9.17) is 19.9 Å². The van der Waals surface area contributed by atoms with E-state index in [1.807, 2.05) is 42.5 Å². The summed E-state index contributed by atoms with van der Waals surface area (Å²) < 4.78 is 30.9. The van der Waals surface area contributed by atoms with E-state index in [0.717, 1.165) is 11.1 Å². The zero-order chi connectivity index (χ0) is 26.5. The van der Waals surface area contributed by atoms with E-state index in [1.54, 1.807) is 48.5 Å². The third-order valence-corrected chi connectivity index (χ3v) is 6.18. The van der Waals surface area contributed by atoms with Crippen LogP contribution in [0.2, 0.25) is 0 Å². The van der Waals surface area contributed by atoms with Gasteiger partial charge in [-0.2, -0.15) is 5.26 Å². The van der Waals surface area contributed by atoms with Crippen LogP contribution in [0.25, 0.3) is 0 Å². The molecule has 1 atom stereocenters. The lowest BCUT2D eigenvalue weighted by molar-refractivity contribution is -0.133. The maximum Gasteiger partial charge on any atom is 0.315 e. The van der Waals surface area contributed by atoms with Crippen LogP contribution in [0.15, 0.2) is 109 Å². The SMILES string of the molecule is N#CC1=C(N)Oc2cc(OC(=O)Cc3ccccc3)ccc2C1c1ccc(OCc2ccccc2F)cc1. The number of ether oxygens (including phenoxy) is 3. The summed E-state index contributed by atoms with van der Waals surface area (Å²) >= 11 is 0. The van der Waals surface area contributed by atoms with E-state index in [9.17, 15) is 14.4 Å². The van der Waals surface area contributed by atoms with Gasteiger partial charge in [-0.3, -0.25) is 4.79 Å². The van der Waals surface area contributed by atoms with Crippen LogP contribution in [-0.4, -0.2) is 5.97 Å². The van der Waals surface area contributed by atoms with Gasteiger partial charge in [0.25, 0.3) is 0 Å². The van der Waals surface area contributed by atoms with Crippen molar-refractivity contribution < 1.29 is 23.4 Å². The summed E-state index contributed by atoms with van der Waals surface area (Å²) in [6.07, 6.45) is 0.132. The average Bonchev–Trinajstić information content (AvgIpc) is 2.92. The third kappa shape index (κ3) is 5.35. The van der Waals surface area contributed by atoms with Crippen molar-refractivity contribution in [3.8, 4) is 23.3 Å². The van der Waals surface area contributed by atoms with Crippen molar-refractivity contribution in [2.24, 2.45) is 5.73 Å². The Kier molecular flexibility index (Phi) is 7.05. The largest absolute Gasteiger partial charge is 0.489 e. The molecule has 1 aliphatic rings. The summed E-state index contributed by atoms with van der Waals surface area (Å²) in [6, 6.07) is 30.1. The predicted molar refractivity (Wildman–Crippen MR) is 139 cm³/mol. The van der Waals surface area contributed by atoms with E-state index in [1.165, 1.54) is 6.07 Å². The first-order valence-corrected chi connectivity index (χ1v) is 11.9. The minimum absolute atomic E-state index is 0.0161. The highest BCUT2D eigenvalue weighted by atomic mass is 19.1. The Morgan fingerprint density at radius 1 is 0.947 bits per heavy atom. The van der Waals surface area contributed by atoms with Crippen LogP contribution >= 0.6 is 0 Å². The highest BCUT2D eigenvalue weighted by Gasteiger charge is 2.31. The average molecular weight is 507 g/mol. The smallest absolute Gasteiger partial charge is 0.315 e. The van der Waals surface area contributed by atoms with Gasteiger partial charge in [0.2, 0.25) is 5.88 Å². The number of carbonyl (C=O) groups is 1. The van der Waals surface area contributed by atoms with Crippen LogP contribution in [0.1, 0.15) is 28.2 Å². The molecule has 5 rings (SSSR count). The first-order valence-electron chi connectivity index (χ1n) is 11.9. The molecule has 0 saturated heterocycles. The van der Waals surface area contributed by atoms with Crippen molar-refractivity contribution in [1.82, 2.24) is 0 Å². The van der Waals surface area contributed by atoms with Gasteiger partial charge in [-0.1, -0.05) is 66.7 Å². The zero-order valence-corrected chi connectivity index (χ0v) is 20.3. The van der Waals surface area contributed by atoms with Gasteiger partial charge in [0.05, 0.1) is 12.3 Å². The van der Waals surface area contributed by atoms with Crippen LogP contribution in [0, 0.1) is 17.1 Å². The molecule has 4 aromatic carbocycles. The first-order chi connectivity index (χ1) is 18.5. The number of benzene rings is 4. The van der Waals surface area contributed by atoms with Gasteiger partial charge in [-0.15, -0.1) is 0 Å². The molecule has 0 radical (unpaired) electrons. The number of hydrogen-bond acceptors (Lipinski definition) is 6. The maximum atomic E-state index is 13.9. The van der Waals surface area contributed by atoms with Gasteiger partial charge in [0.1, 0.15) is 41.3 Å². The van der Waals surface area contributed by atoms with Crippen molar-refractivity contribution >= 4 is 5.97 Å². The number of nitriles is 1. The second-order valence-electron chi connectivity index (χ2n) is 8.71. The Bertz CT molecular complexity index is 1540. The van der Waals surface area contributed by atoms with Gasteiger partial charge < -0.3 is 19.9 Å². The molecule has 0 amide bonds. The molecule has 0 spiro atoms. The molecular weight excluding hydrogens is 483 g/mol. The summed E-state index contributed by atoms with van der Waals surface area (Å²) in [5, 5.41) is 9.83. The number of rotatable bonds is 7. The minimum Gasteiger partial charge on any atom is -0.489 e. The molecule has 6 nitrogen and oxygen atoms in total. The fourth-order valence-corrected chi connectivity index (χ4v) is 4.31. The number of nitrogens with two attached hydrogens (primary N) is 1. The van der Waals surface area contributed by atoms with Crippen LogP contribution < -0.4 is 19.9 Å². The molecule has 0 aromatic heterocycles. The van der Waals surface area contributed by atoms with Crippen molar-refractivity contribution in [3.63, 3.8) is 0 Å². The summed E-state index contributed by atoms with van der Waals surface area (Å²) in [6.45, 7) is 0.0915. The molecule has 7 heteroatoms. The van der Waals surface area contributed by atoms with E-state index >= 15 is 0 Å². The van der Waals surface area contributed by atoms with Crippen LogP contribution in [-0.2, 0) is 17.8 Å². The van der Waals surface area contributed by atoms with Crippen LogP contribution in [0.5, 0.6) is 17.2 Å². The quantitative estimate of drug-likeness (QED) is 0.253. The van der Waals surface area contributed by atoms with E-state index in [-0.39, 0.29) is 30.3 Å². The van der Waals surface area contributed by atoms with Gasteiger partial charge in [-0.25, -0.2) is 4.39 Å². The Morgan fingerprint density at radius 3 is 2.39 bits per heavy atom. The lowest BCUT2D eigenvalue weighted by atomic mass is 9.83. The molecule has 4 aromatic rings. The first kappa shape index (κ1) is 24.6. The number of halogens is 1. The van der Waals surface area contributed by atoms with E-state index in [0.29, 0.717) is 28.4 Å². The Labute approximate surface area is 219 Å². The van der Waals surface area contributed by atoms with Gasteiger partial charge >= 0.3 is 5.97 Å². The topological polar surface area (TPSA) is 94.6 Å². The molecule has 1 unspecified atom stereocenters. The van der Waals surface area contributed by atoms with Crippen molar-refractivity contribution in [2.45, 2.75) is 18.9 Å². The molecule has 1 heterocycles. The molecule has 0 aliphatic carbocycles.